The molecule has 0 unspecified atom stereocenters. The number of benzene rings is 1. The van der Waals surface area contributed by atoms with E-state index in [2.05, 4.69) is 0 Å². The number of aryl methyl sites for hydroxylation is 1. The summed E-state index contributed by atoms with van der Waals surface area (Å²) in [7, 11) is 0. The van der Waals surface area contributed by atoms with Crippen molar-refractivity contribution in [2.45, 2.75) is 41.4 Å². The predicted octanol–water partition coefficient (Wildman–Crippen LogP) is 4.56. The standard InChI is InChI=1S/C14H16Cl2O2S/c1-3-4-11-12(18-13(17)14(11,15)16)19-10-7-5-9(2)6-8-10/h5-8,11-12H,3-4H2,1-2H3/t11-,12+/m0/s1. The van der Waals surface area contributed by atoms with E-state index in [-0.39, 0.29) is 11.4 Å². The highest BCUT2D eigenvalue weighted by Gasteiger charge is 2.55. The Bertz CT molecular complexity index is 459. The van der Waals surface area contributed by atoms with Crippen LogP contribution in [0, 0.1) is 12.8 Å². The molecule has 19 heavy (non-hydrogen) atoms. The molecule has 1 saturated heterocycles. The third-order valence-electron chi connectivity index (χ3n) is 3.16. The number of carbonyl (C=O) groups is 1. The van der Waals surface area contributed by atoms with Gasteiger partial charge in [0.05, 0.1) is 5.92 Å². The van der Waals surface area contributed by atoms with Gasteiger partial charge in [0.1, 0.15) is 0 Å². The van der Waals surface area contributed by atoms with E-state index in [0.717, 1.165) is 17.7 Å². The van der Waals surface area contributed by atoms with Gasteiger partial charge in [-0.15, -0.1) is 0 Å². The summed E-state index contributed by atoms with van der Waals surface area (Å²) in [5.74, 6) is -0.710. The zero-order chi connectivity index (χ0) is 14.0. The molecule has 2 nitrogen and oxygen atoms in total. The lowest BCUT2D eigenvalue weighted by Gasteiger charge is -2.21. The van der Waals surface area contributed by atoms with Gasteiger partial charge >= 0.3 is 5.97 Å². The van der Waals surface area contributed by atoms with Crippen molar-refractivity contribution in [3.63, 3.8) is 0 Å². The molecule has 0 radical (unpaired) electrons. The minimum atomic E-state index is -1.42. The van der Waals surface area contributed by atoms with Crippen LogP contribution in [0.25, 0.3) is 0 Å². The second kappa shape index (κ2) is 5.94. The summed E-state index contributed by atoms with van der Waals surface area (Å²) in [5, 5.41) is 0. The smallest absolute Gasteiger partial charge is 0.344 e. The Kier molecular flexibility index (Phi) is 4.70. The van der Waals surface area contributed by atoms with Crippen LogP contribution in [0.1, 0.15) is 25.3 Å². The molecule has 1 fully saturated rings. The minimum Gasteiger partial charge on any atom is -0.448 e. The largest absolute Gasteiger partial charge is 0.448 e. The number of hydrogen-bond acceptors (Lipinski definition) is 3. The number of hydrogen-bond donors (Lipinski definition) is 0. The molecule has 0 bridgehead atoms. The Morgan fingerprint density at radius 3 is 2.53 bits per heavy atom. The molecule has 0 N–H and O–H groups in total. The van der Waals surface area contributed by atoms with Gasteiger partial charge in [0.25, 0.3) is 0 Å². The first kappa shape index (κ1) is 15.0. The Hall–Kier alpha value is -0.380. The molecular weight excluding hydrogens is 303 g/mol. The third-order valence-corrected chi connectivity index (χ3v) is 5.23. The fraction of sp³-hybridized carbons (Fsp3) is 0.500. The fourth-order valence-electron chi connectivity index (χ4n) is 2.07. The van der Waals surface area contributed by atoms with E-state index in [1.807, 2.05) is 38.1 Å². The molecule has 5 heteroatoms. The number of cyclic esters (lactones) is 1. The molecule has 2 rings (SSSR count). The average molecular weight is 319 g/mol. The summed E-state index contributed by atoms with van der Waals surface area (Å²) < 4.78 is 3.92. The summed E-state index contributed by atoms with van der Waals surface area (Å²) >= 11 is 13.8. The van der Waals surface area contributed by atoms with Crippen LogP contribution in [-0.2, 0) is 9.53 Å². The van der Waals surface area contributed by atoms with E-state index in [9.17, 15) is 4.79 Å². The third kappa shape index (κ3) is 3.21. The molecule has 0 saturated carbocycles. The van der Waals surface area contributed by atoms with E-state index >= 15 is 0 Å². The number of rotatable bonds is 4. The number of thioether (sulfide) groups is 1. The first-order valence-electron chi connectivity index (χ1n) is 6.27. The fourth-order valence-corrected chi connectivity index (χ4v) is 3.96. The summed E-state index contributed by atoms with van der Waals surface area (Å²) in [6, 6.07) is 8.09. The van der Waals surface area contributed by atoms with Gasteiger partial charge in [-0.3, -0.25) is 0 Å². The van der Waals surface area contributed by atoms with Crippen LogP contribution >= 0.6 is 35.0 Å². The Labute approximate surface area is 127 Å². The lowest BCUT2D eigenvalue weighted by molar-refractivity contribution is -0.139. The van der Waals surface area contributed by atoms with Gasteiger partial charge in [0.2, 0.25) is 4.33 Å². The zero-order valence-electron chi connectivity index (χ0n) is 10.9. The maximum Gasteiger partial charge on any atom is 0.344 e. The maximum atomic E-state index is 11.7. The van der Waals surface area contributed by atoms with Gasteiger partial charge in [-0.1, -0.05) is 66.0 Å². The van der Waals surface area contributed by atoms with E-state index < -0.39 is 10.3 Å². The second-order valence-electron chi connectivity index (χ2n) is 4.72. The van der Waals surface area contributed by atoms with Crippen LogP contribution < -0.4 is 0 Å². The number of alkyl halides is 2. The quantitative estimate of drug-likeness (QED) is 0.601. The lowest BCUT2D eigenvalue weighted by atomic mass is 10.0. The maximum absolute atomic E-state index is 11.7. The van der Waals surface area contributed by atoms with Crippen LogP contribution in [-0.4, -0.2) is 15.7 Å². The summed E-state index contributed by atoms with van der Waals surface area (Å²) in [5.41, 5.74) is 0.882. The summed E-state index contributed by atoms with van der Waals surface area (Å²) in [4.78, 5) is 12.8. The molecular formula is C14H16Cl2O2S. The van der Waals surface area contributed by atoms with Gasteiger partial charge in [0, 0.05) is 4.90 Å². The van der Waals surface area contributed by atoms with Crippen molar-refractivity contribution in [3.8, 4) is 0 Å². The highest BCUT2D eigenvalue weighted by Crippen LogP contribution is 2.48. The van der Waals surface area contributed by atoms with Gasteiger partial charge in [-0.25, -0.2) is 4.79 Å². The lowest BCUT2D eigenvalue weighted by Crippen LogP contribution is -2.29. The molecule has 0 aliphatic carbocycles. The first-order valence-corrected chi connectivity index (χ1v) is 7.91. The van der Waals surface area contributed by atoms with Crippen molar-refractivity contribution in [1.29, 1.82) is 0 Å². The first-order chi connectivity index (χ1) is 8.95. The predicted molar refractivity (Wildman–Crippen MR) is 79.8 cm³/mol. The second-order valence-corrected chi connectivity index (χ2v) is 7.28. The molecule has 104 valence electrons. The summed E-state index contributed by atoms with van der Waals surface area (Å²) in [6.45, 7) is 4.08. The number of halogens is 2. The van der Waals surface area contributed by atoms with Crippen LogP contribution in [0.2, 0.25) is 0 Å². The molecule has 0 spiro atoms. The van der Waals surface area contributed by atoms with E-state index in [1.54, 1.807) is 0 Å². The average Bonchev–Trinajstić information content (AvgIpc) is 2.56. The monoisotopic (exact) mass is 318 g/mol. The van der Waals surface area contributed by atoms with Crippen molar-refractivity contribution in [2.24, 2.45) is 5.92 Å². The SMILES string of the molecule is CCC[C@H]1[C@@H](Sc2ccc(C)cc2)OC(=O)C1(Cl)Cl. The highest BCUT2D eigenvalue weighted by molar-refractivity contribution is 7.99. The van der Waals surface area contributed by atoms with Crippen molar-refractivity contribution in [2.75, 3.05) is 0 Å². The Morgan fingerprint density at radius 1 is 1.32 bits per heavy atom. The van der Waals surface area contributed by atoms with Gasteiger partial charge in [-0.2, -0.15) is 0 Å². The van der Waals surface area contributed by atoms with E-state index in [0.29, 0.717) is 0 Å². The van der Waals surface area contributed by atoms with Gasteiger partial charge in [0.15, 0.2) is 5.44 Å². The van der Waals surface area contributed by atoms with Crippen LogP contribution in [0.4, 0.5) is 0 Å². The Balaban J connectivity index is 2.14. The number of esters is 1. The molecule has 1 heterocycles. The molecule has 1 aromatic rings. The summed E-state index contributed by atoms with van der Waals surface area (Å²) in [6.07, 6.45) is 1.68. The molecule has 0 aromatic heterocycles. The molecule has 1 aliphatic heterocycles. The van der Waals surface area contributed by atoms with Crippen LogP contribution in [0.5, 0.6) is 0 Å². The highest BCUT2D eigenvalue weighted by atomic mass is 35.5. The van der Waals surface area contributed by atoms with Crippen molar-refractivity contribution >= 4 is 40.9 Å². The molecule has 2 atom stereocenters. The van der Waals surface area contributed by atoms with Crippen molar-refractivity contribution in [3.05, 3.63) is 29.8 Å². The van der Waals surface area contributed by atoms with Gasteiger partial charge in [-0.05, 0) is 25.5 Å². The van der Waals surface area contributed by atoms with E-state index in [1.165, 1.54) is 17.3 Å². The van der Waals surface area contributed by atoms with Crippen molar-refractivity contribution in [1.82, 2.24) is 0 Å². The minimum absolute atomic E-state index is 0.181. The molecule has 1 aromatic carbocycles. The topological polar surface area (TPSA) is 26.3 Å². The number of ether oxygens (including phenoxy) is 1. The van der Waals surface area contributed by atoms with Crippen LogP contribution in [0.15, 0.2) is 29.2 Å². The van der Waals surface area contributed by atoms with Gasteiger partial charge < -0.3 is 4.74 Å². The van der Waals surface area contributed by atoms with E-state index in [4.69, 9.17) is 27.9 Å². The van der Waals surface area contributed by atoms with Crippen LogP contribution in [0.3, 0.4) is 0 Å². The normalized spacial score (nSPS) is 25.4. The molecule has 1 aliphatic rings. The molecule has 0 amide bonds. The van der Waals surface area contributed by atoms with Crippen molar-refractivity contribution < 1.29 is 9.53 Å². The number of carbonyl (C=O) groups excluding carboxylic acids is 1. The Morgan fingerprint density at radius 2 is 1.95 bits per heavy atom. The zero-order valence-corrected chi connectivity index (χ0v) is 13.2.